The molecule has 2 aromatic carbocycles. The average Bonchev–Trinajstić information content (AvgIpc) is 3.52. The third kappa shape index (κ3) is 4.37. The molecule has 33 heavy (non-hydrogen) atoms. The number of H-pyrrole nitrogens is 1. The van der Waals surface area contributed by atoms with Crippen LogP contribution in [0.5, 0.6) is 0 Å². The second-order valence-electron chi connectivity index (χ2n) is 7.68. The quantitative estimate of drug-likeness (QED) is 0.203. The molecule has 0 spiro atoms. The van der Waals surface area contributed by atoms with Gasteiger partial charge in [0.05, 0.1) is 5.56 Å². The Morgan fingerprint density at radius 3 is 2.48 bits per heavy atom. The molecule has 1 aliphatic carbocycles. The average molecular weight is 495 g/mol. The highest BCUT2D eigenvalue weighted by Crippen LogP contribution is 2.41. The van der Waals surface area contributed by atoms with E-state index in [2.05, 4.69) is 15.0 Å². The van der Waals surface area contributed by atoms with E-state index in [1.807, 2.05) is 16.7 Å². The van der Waals surface area contributed by atoms with Gasteiger partial charge in [0, 0.05) is 22.4 Å². The summed E-state index contributed by atoms with van der Waals surface area (Å²) in [6.07, 6.45) is -2.76. The van der Waals surface area contributed by atoms with E-state index in [-0.39, 0.29) is 28.0 Å². The molecule has 11 heteroatoms. The van der Waals surface area contributed by atoms with Gasteiger partial charge in [0.1, 0.15) is 11.6 Å². The van der Waals surface area contributed by atoms with Gasteiger partial charge in [0.25, 0.3) is 5.56 Å². The number of fused-ring (bicyclic) bond motifs is 1. The molecule has 0 bridgehead atoms. The van der Waals surface area contributed by atoms with Crippen LogP contribution < -0.4 is 5.56 Å². The van der Waals surface area contributed by atoms with E-state index < -0.39 is 23.1 Å². The number of benzene rings is 2. The molecular formula is C22H15ClF4N4OS. The first kappa shape index (κ1) is 22.0. The number of hydrogen-bond donors (Lipinski definition) is 1. The smallest absolute Gasteiger partial charge is 0.305 e. The van der Waals surface area contributed by atoms with Gasteiger partial charge in [-0.1, -0.05) is 29.4 Å². The number of hydrogen-bond acceptors (Lipinski definition) is 4. The van der Waals surface area contributed by atoms with Crippen molar-refractivity contribution in [3.05, 3.63) is 74.8 Å². The molecule has 0 aliphatic heterocycles. The maximum Gasteiger partial charge on any atom is 0.416 e. The second kappa shape index (κ2) is 8.18. The predicted molar refractivity (Wildman–Crippen MR) is 118 cm³/mol. The molecule has 2 aromatic heterocycles. The highest BCUT2D eigenvalue weighted by molar-refractivity contribution is 7.98. The molecule has 2 heterocycles. The van der Waals surface area contributed by atoms with Crippen LogP contribution in [0, 0.1) is 5.82 Å². The highest BCUT2D eigenvalue weighted by Gasteiger charge is 2.32. The summed E-state index contributed by atoms with van der Waals surface area (Å²) in [5, 5.41) is 0.814. The first-order chi connectivity index (χ1) is 15.7. The zero-order valence-corrected chi connectivity index (χ0v) is 18.4. The Balaban J connectivity index is 1.49. The second-order valence-corrected chi connectivity index (χ2v) is 9.08. The maximum atomic E-state index is 14.2. The van der Waals surface area contributed by atoms with E-state index >= 15 is 0 Å². The lowest BCUT2D eigenvalue weighted by molar-refractivity contribution is -0.137. The molecule has 1 saturated carbocycles. The fourth-order valence-electron chi connectivity index (χ4n) is 3.50. The van der Waals surface area contributed by atoms with Crippen molar-refractivity contribution >= 4 is 34.5 Å². The Labute approximate surface area is 193 Å². The van der Waals surface area contributed by atoms with Gasteiger partial charge >= 0.3 is 6.18 Å². The highest BCUT2D eigenvalue weighted by atomic mass is 35.5. The molecule has 0 atom stereocenters. The van der Waals surface area contributed by atoms with Crippen molar-refractivity contribution in [2.24, 2.45) is 0 Å². The zero-order chi connectivity index (χ0) is 23.3. The Morgan fingerprint density at radius 2 is 1.85 bits per heavy atom. The number of nitrogens with zero attached hydrogens (tertiary/aromatic N) is 3. The van der Waals surface area contributed by atoms with Crippen LogP contribution in [0.4, 0.5) is 17.6 Å². The minimum atomic E-state index is -4.62. The van der Waals surface area contributed by atoms with Crippen molar-refractivity contribution in [2.45, 2.75) is 36.0 Å². The monoisotopic (exact) mass is 494 g/mol. The van der Waals surface area contributed by atoms with E-state index in [9.17, 15) is 22.4 Å². The lowest BCUT2D eigenvalue weighted by Crippen LogP contribution is -2.10. The van der Waals surface area contributed by atoms with Crippen molar-refractivity contribution < 1.29 is 17.6 Å². The third-order valence-corrected chi connectivity index (χ3v) is 6.46. The molecule has 0 amide bonds. The summed E-state index contributed by atoms with van der Waals surface area (Å²) < 4.78 is 54.4. The van der Waals surface area contributed by atoms with E-state index in [1.165, 1.54) is 0 Å². The topological polar surface area (TPSA) is 63.6 Å². The largest absolute Gasteiger partial charge is 0.416 e. The molecule has 5 rings (SSSR count). The Kier molecular flexibility index (Phi) is 5.44. The first-order valence-electron chi connectivity index (χ1n) is 9.97. The maximum absolute atomic E-state index is 14.2. The number of aromatic nitrogens is 4. The SMILES string of the molecule is O=c1[nH]c(SCc2ccc(C(F)(F)F)cc2F)nc2c1nc(-c1ccc(Cl)cc1)n2C1CC1. The number of nitrogens with one attached hydrogen (secondary N) is 1. The van der Waals surface area contributed by atoms with Crippen molar-refractivity contribution in [1.29, 1.82) is 0 Å². The molecule has 0 unspecified atom stereocenters. The summed E-state index contributed by atoms with van der Waals surface area (Å²) in [5.41, 5.74) is -0.00805. The number of thioether (sulfide) groups is 1. The molecule has 1 N–H and O–H groups in total. The van der Waals surface area contributed by atoms with Crippen LogP contribution in [-0.2, 0) is 11.9 Å². The van der Waals surface area contributed by atoms with Crippen molar-refractivity contribution in [3.8, 4) is 11.4 Å². The Hall–Kier alpha value is -2.85. The fourth-order valence-corrected chi connectivity index (χ4v) is 4.47. The van der Waals surface area contributed by atoms with Crippen molar-refractivity contribution in [2.75, 3.05) is 0 Å². The Bertz CT molecular complexity index is 1410. The number of imidazole rings is 1. The molecule has 1 fully saturated rings. The summed E-state index contributed by atoms with van der Waals surface area (Å²) >= 11 is 7.02. The third-order valence-electron chi connectivity index (χ3n) is 5.29. The fraction of sp³-hybridized carbons (Fsp3) is 0.227. The van der Waals surface area contributed by atoms with Gasteiger partial charge in [-0.2, -0.15) is 13.2 Å². The first-order valence-corrected chi connectivity index (χ1v) is 11.3. The molecule has 0 saturated heterocycles. The van der Waals surface area contributed by atoms with Gasteiger partial charge in [-0.3, -0.25) is 9.78 Å². The van der Waals surface area contributed by atoms with Gasteiger partial charge in [-0.25, -0.2) is 14.4 Å². The van der Waals surface area contributed by atoms with Crippen LogP contribution in [0.3, 0.4) is 0 Å². The number of alkyl halides is 3. The van der Waals surface area contributed by atoms with Gasteiger partial charge < -0.3 is 4.57 Å². The van der Waals surface area contributed by atoms with Crippen LogP contribution in [-0.4, -0.2) is 19.5 Å². The predicted octanol–water partition coefficient (Wildman–Crippen LogP) is 6.23. The van der Waals surface area contributed by atoms with Crippen LogP contribution in [0.15, 0.2) is 52.4 Å². The molecule has 4 aromatic rings. The minimum Gasteiger partial charge on any atom is -0.305 e. The van der Waals surface area contributed by atoms with Crippen molar-refractivity contribution in [3.63, 3.8) is 0 Å². The summed E-state index contributed by atoms with van der Waals surface area (Å²) in [4.78, 5) is 24.4. The number of rotatable bonds is 5. The molecular weight excluding hydrogens is 480 g/mol. The molecule has 170 valence electrons. The summed E-state index contributed by atoms with van der Waals surface area (Å²) in [5.74, 6) is -0.355. The van der Waals surface area contributed by atoms with Crippen LogP contribution in [0.25, 0.3) is 22.6 Å². The van der Waals surface area contributed by atoms with E-state index in [0.717, 1.165) is 42.3 Å². The minimum absolute atomic E-state index is 0.0000242. The zero-order valence-electron chi connectivity index (χ0n) is 16.8. The molecule has 5 nitrogen and oxygen atoms in total. The van der Waals surface area contributed by atoms with Crippen LogP contribution in [0.1, 0.15) is 30.0 Å². The standard InChI is InChI=1S/C22H15ClF4N4OS/c23-14-5-2-11(3-6-14)18-28-17-19(31(18)15-7-8-15)29-21(30-20(17)32)33-10-12-1-4-13(9-16(12)24)22(25,26)27/h1-6,9,15H,7-8,10H2,(H,29,30,32). The normalized spacial score (nSPS) is 14.2. The van der Waals surface area contributed by atoms with E-state index in [0.29, 0.717) is 22.6 Å². The molecule has 1 aliphatic rings. The Morgan fingerprint density at radius 1 is 1.12 bits per heavy atom. The van der Waals surface area contributed by atoms with Crippen LogP contribution in [0.2, 0.25) is 5.02 Å². The van der Waals surface area contributed by atoms with E-state index in [1.54, 1.807) is 12.1 Å². The van der Waals surface area contributed by atoms with Gasteiger partial charge in [-0.05, 0) is 54.8 Å². The van der Waals surface area contributed by atoms with Gasteiger partial charge in [0.15, 0.2) is 16.3 Å². The van der Waals surface area contributed by atoms with E-state index in [4.69, 9.17) is 11.6 Å². The van der Waals surface area contributed by atoms with Crippen molar-refractivity contribution in [1.82, 2.24) is 19.5 Å². The number of aromatic amines is 1. The van der Waals surface area contributed by atoms with Gasteiger partial charge in [0.2, 0.25) is 0 Å². The summed E-state index contributed by atoms with van der Waals surface area (Å²) in [6.45, 7) is 0. The van der Waals surface area contributed by atoms with Crippen LogP contribution >= 0.6 is 23.4 Å². The lowest BCUT2D eigenvalue weighted by Gasteiger charge is -2.09. The number of halogens is 5. The lowest BCUT2D eigenvalue weighted by atomic mass is 10.1. The molecule has 0 radical (unpaired) electrons. The summed E-state index contributed by atoms with van der Waals surface area (Å²) in [6, 6.07) is 9.68. The summed E-state index contributed by atoms with van der Waals surface area (Å²) in [7, 11) is 0. The van der Waals surface area contributed by atoms with Gasteiger partial charge in [-0.15, -0.1) is 0 Å².